The van der Waals surface area contributed by atoms with Crippen LogP contribution in [0.25, 0.3) is 0 Å². The molecule has 19 heavy (non-hydrogen) atoms. The Hall–Kier alpha value is -2.16. The van der Waals surface area contributed by atoms with Crippen LogP contribution >= 0.6 is 0 Å². The van der Waals surface area contributed by atoms with Gasteiger partial charge in [0.05, 0.1) is 11.4 Å². The molecule has 0 radical (unpaired) electrons. The molecule has 0 aromatic heterocycles. The smallest absolute Gasteiger partial charge is 0.153 e. The van der Waals surface area contributed by atoms with Crippen LogP contribution in [0.3, 0.4) is 0 Å². The Kier molecular flexibility index (Phi) is 1.94. The van der Waals surface area contributed by atoms with Crippen molar-refractivity contribution in [3.8, 4) is 11.5 Å². The fraction of sp³-hybridized carbons (Fsp3) is 0.250. The number of rotatable bonds is 0. The molecule has 2 aliphatic rings. The van der Waals surface area contributed by atoms with Crippen LogP contribution < -0.4 is 14.5 Å². The summed E-state index contributed by atoms with van der Waals surface area (Å²) in [5.41, 5.74) is 4.87. The van der Waals surface area contributed by atoms with E-state index in [1.807, 2.05) is 18.2 Å². The molecule has 0 aliphatic carbocycles. The Morgan fingerprint density at radius 3 is 2.47 bits per heavy atom. The summed E-state index contributed by atoms with van der Waals surface area (Å²) in [6.45, 7) is 4.37. The number of benzene rings is 2. The van der Waals surface area contributed by atoms with Crippen LogP contribution in [0.2, 0.25) is 0 Å². The van der Waals surface area contributed by atoms with E-state index < -0.39 is 0 Å². The molecular weight excluding hydrogens is 236 g/mol. The molecule has 2 heterocycles. The zero-order valence-corrected chi connectivity index (χ0v) is 11.3. The lowest BCUT2D eigenvalue weighted by Crippen LogP contribution is -2.36. The van der Waals surface area contributed by atoms with Gasteiger partial charge in [-0.15, -0.1) is 0 Å². The molecule has 3 nitrogen and oxygen atoms in total. The maximum absolute atomic E-state index is 6.08. The van der Waals surface area contributed by atoms with Gasteiger partial charge in [-0.2, -0.15) is 0 Å². The molecule has 96 valence electrons. The normalized spacial score (nSPS) is 19.0. The molecule has 0 bridgehead atoms. The summed E-state index contributed by atoms with van der Waals surface area (Å²) in [5, 5.41) is 0. The highest BCUT2D eigenvalue weighted by atomic mass is 16.5. The number of ether oxygens (including phenoxy) is 1. The highest BCUT2D eigenvalue weighted by Gasteiger charge is 2.39. The van der Waals surface area contributed by atoms with Crippen LogP contribution in [0, 0.1) is 6.92 Å². The number of nitrogens with zero attached hydrogens (tertiary/aromatic N) is 2. The fourth-order valence-electron chi connectivity index (χ4n) is 3.12. The van der Waals surface area contributed by atoms with Crippen LogP contribution in [0.15, 0.2) is 36.4 Å². The number of para-hydroxylation sites is 2. The zero-order valence-electron chi connectivity index (χ0n) is 11.3. The topological polar surface area (TPSA) is 15.7 Å². The fourth-order valence-corrected chi connectivity index (χ4v) is 3.12. The van der Waals surface area contributed by atoms with E-state index in [9.17, 15) is 0 Å². The molecule has 0 amide bonds. The Balaban J connectivity index is 2.05. The summed E-state index contributed by atoms with van der Waals surface area (Å²) in [4.78, 5) is 4.68. The van der Waals surface area contributed by atoms with Gasteiger partial charge in [0.2, 0.25) is 0 Å². The number of hydrogen-bond acceptors (Lipinski definition) is 3. The lowest BCUT2D eigenvalue weighted by Gasteiger charge is -2.33. The van der Waals surface area contributed by atoms with Crippen LogP contribution in [0.1, 0.15) is 12.5 Å². The first-order valence-corrected chi connectivity index (χ1v) is 6.61. The van der Waals surface area contributed by atoms with Crippen molar-refractivity contribution in [1.82, 2.24) is 0 Å². The van der Waals surface area contributed by atoms with Crippen molar-refractivity contribution >= 4 is 17.1 Å². The van der Waals surface area contributed by atoms with Crippen LogP contribution in [-0.4, -0.2) is 13.2 Å². The Labute approximate surface area is 113 Å². The first-order valence-electron chi connectivity index (χ1n) is 6.61. The molecule has 0 fully saturated rings. The molecule has 0 saturated carbocycles. The summed E-state index contributed by atoms with van der Waals surface area (Å²) in [6.07, 6.45) is 0.305. The van der Waals surface area contributed by atoms with Gasteiger partial charge in [-0.1, -0.05) is 18.2 Å². The van der Waals surface area contributed by atoms with E-state index in [4.69, 9.17) is 4.74 Å². The van der Waals surface area contributed by atoms with E-state index in [0.717, 1.165) is 11.5 Å². The number of aryl methyl sites for hydroxylation is 1. The number of fused-ring (bicyclic) bond motifs is 2. The number of anilines is 3. The minimum atomic E-state index is 0.305. The first kappa shape index (κ1) is 10.7. The van der Waals surface area contributed by atoms with E-state index in [1.165, 1.54) is 22.6 Å². The molecule has 4 rings (SSSR count). The Bertz CT molecular complexity index is 680. The Morgan fingerprint density at radius 1 is 1.00 bits per heavy atom. The van der Waals surface area contributed by atoms with Crippen LogP contribution in [-0.2, 0) is 0 Å². The second-order valence-electron chi connectivity index (χ2n) is 5.26. The highest BCUT2D eigenvalue weighted by Crippen LogP contribution is 2.56. The monoisotopic (exact) mass is 252 g/mol. The number of hydrogen-bond donors (Lipinski definition) is 0. The van der Waals surface area contributed by atoms with E-state index in [0.29, 0.717) is 6.17 Å². The second-order valence-corrected chi connectivity index (χ2v) is 5.26. The molecule has 3 heteroatoms. The molecule has 2 aliphatic heterocycles. The standard InChI is InChI=1S/C16H16N2O/c1-10-6-4-8-13-15(10)18-11(2)17(3)12-7-5-9-14(19-13)16(12)18/h4-9,11H,1-3H3. The predicted molar refractivity (Wildman–Crippen MR) is 77.7 cm³/mol. The molecule has 1 atom stereocenters. The van der Waals surface area contributed by atoms with Gasteiger partial charge in [-0.25, -0.2) is 0 Å². The van der Waals surface area contributed by atoms with Crippen LogP contribution in [0.5, 0.6) is 11.5 Å². The molecule has 1 unspecified atom stereocenters. The van der Waals surface area contributed by atoms with Gasteiger partial charge in [-0.05, 0) is 37.6 Å². The third-order valence-electron chi connectivity index (χ3n) is 4.19. The van der Waals surface area contributed by atoms with Gasteiger partial charge < -0.3 is 14.5 Å². The average molecular weight is 252 g/mol. The molecule has 0 spiro atoms. The highest BCUT2D eigenvalue weighted by molar-refractivity contribution is 5.92. The summed E-state index contributed by atoms with van der Waals surface area (Å²) in [5.74, 6) is 1.90. The Morgan fingerprint density at radius 2 is 1.68 bits per heavy atom. The third kappa shape index (κ3) is 1.22. The van der Waals surface area contributed by atoms with Crippen molar-refractivity contribution < 1.29 is 4.74 Å². The molecular formula is C16H16N2O. The minimum Gasteiger partial charge on any atom is -0.453 e. The van der Waals surface area contributed by atoms with E-state index in [1.54, 1.807) is 0 Å². The van der Waals surface area contributed by atoms with Crippen molar-refractivity contribution in [2.24, 2.45) is 0 Å². The van der Waals surface area contributed by atoms with Crippen molar-refractivity contribution in [3.63, 3.8) is 0 Å². The lowest BCUT2D eigenvalue weighted by molar-refractivity contribution is 0.472. The summed E-state index contributed by atoms with van der Waals surface area (Å²) >= 11 is 0. The predicted octanol–water partition coefficient (Wildman–Crippen LogP) is 4.03. The van der Waals surface area contributed by atoms with Gasteiger partial charge >= 0.3 is 0 Å². The average Bonchev–Trinajstić information content (AvgIpc) is 2.66. The van der Waals surface area contributed by atoms with Gasteiger partial charge in [0.25, 0.3) is 0 Å². The van der Waals surface area contributed by atoms with Crippen molar-refractivity contribution in [3.05, 3.63) is 42.0 Å². The molecule has 2 aromatic rings. The van der Waals surface area contributed by atoms with E-state index in [2.05, 4.69) is 48.9 Å². The maximum atomic E-state index is 6.08. The maximum Gasteiger partial charge on any atom is 0.153 e. The van der Waals surface area contributed by atoms with E-state index >= 15 is 0 Å². The van der Waals surface area contributed by atoms with Gasteiger partial charge in [-0.3, -0.25) is 0 Å². The summed E-state index contributed by atoms with van der Waals surface area (Å²) in [6, 6.07) is 12.5. The molecule has 2 aromatic carbocycles. The second kappa shape index (κ2) is 3.44. The van der Waals surface area contributed by atoms with Crippen LogP contribution in [0.4, 0.5) is 17.1 Å². The largest absolute Gasteiger partial charge is 0.453 e. The van der Waals surface area contributed by atoms with Gasteiger partial charge in [0, 0.05) is 7.05 Å². The summed E-state index contributed by atoms with van der Waals surface area (Å²) in [7, 11) is 2.14. The third-order valence-corrected chi connectivity index (χ3v) is 4.19. The van der Waals surface area contributed by atoms with Gasteiger partial charge in [0.1, 0.15) is 11.9 Å². The molecule has 0 saturated heterocycles. The van der Waals surface area contributed by atoms with Crippen molar-refractivity contribution in [1.29, 1.82) is 0 Å². The van der Waals surface area contributed by atoms with E-state index in [-0.39, 0.29) is 0 Å². The minimum absolute atomic E-state index is 0.305. The van der Waals surface area contributed by atoms with Gasteiger partial charge in [0.15, 0.2) is 11.5 Å². The SMILES string of the molecule is Cc1cccc2c1N1c3c(cccc3N(C)C1C)O2. The zero-order chi connectivity index (χ0) is 13.1. The summed E-state index contributed by atoms with van der Waals surface area (Å²) < 4.78 is 6.08. The van der Waals surface area contributed by atoms with Crippen molar-refractivity contribution in [2.45, 2.75) is 20.0 Å². The first-order chi connectivity index (χ1) is 9.18. The quantitative estimate of drug-likeness (QED) is 0.704. The molecule has 0 N–H and O–H groups in total. The lowest BCUT2D eigenvalue weighted by atomic mass is 10.1. The van der Waals surface area contributed by atoms with Crippen molar-refractivity contribution in [2.75, 3.05) is 16.8 Å².